The number of halogens is 4. The third-order valence-electron chi connectivity index (χ3n) is 4.39. The van der Waals surface area contributed by atoms with E-state index in [4.69, 9.17) is 16.3 Å². The molecule has 0 saturated heterocycles. The number of alkyl halides is 3. The second kappa shape index (κ2) is 9.70. The van der Waals surface area contributed by atoms with Crippen molar-refractivity contribution in [3.05, 3.63) is 98.6 Å². The monoisotopic (exact) mass is 478 g/mol. The molecular formula is C22H14ClF3N2O5. The second-order valence-corrected chi connectivity index (χ2v) is 7.12. The molecule has 0 heterocycles. The molecule has 0 saturated carbocycles. The van der Waals surface area contributed by atoms with E-state index in [-0.39, 0.29) is 11.5 Å². The molecule has 0 atom stereocenters. The Balaban J connectivity index is 1.64. The number of ether oxygens (including phenoxy) is 1. The minimum atomic E-state index is -4.91. The van der Waals surface area contributed by atoms with Crippen molar-refractivity contribution in [2.45, 2.75) is 6.18 Å². The number of non-ortho nitro benzene ring substituents is 1. The lowest BCUT2D eigenvalue weighted by molar-refractivity contribution is -0.385. The van der Waals surface area contributed by atoms with Crippen molar-refractivity contribution >= 4 is 34.7 Å². The zero-order valence-electron chi connectivity index (χ0n) is 16.6. The van der Waals surface area contributed by atoms with Crippen molar-refractivity contribution in [1.29, 1.82) is 0 Å². The minimum Gasteiger partial charge on any atom is -0.484 e. The SMILES string of the molecule is O=C(COc1ccc(C(=O)c2ccc(Cl)cc2)cc1)Nc1ccc([N+](=O)[O-])cc1C(F)(F)F. The summed E-state index contributed by atoms with van der Waals surface area (Å²) in [5.74, 6) is -0.956. The Labute approximate surface area is 189 Å². The van der Waals surface area contributed by atoms with Crippen LogP contribution in [0.4, 0.5) is 24.5 Å². The van der Waals surface area contributed by atoms with Gasteiger partial charge in [-0.3, -0.25) is 19.7 Å². The van der Waals surface area contributed by atoms with Crippen LogP contribution in [-0.4, -0.2) is 23.2 Å². The van der Waals surface area contributed by atoms with Crippen LogP contribution in [0.25, 0.3) is 0 Å². The Morgan fingerprint density at radius 2 is 1.55 bits per heavy atom. The van der Waals surface area contributed by atoms with Gasteiger partial charge in [0, 0.05) is 28.3 Å². The third-order valence-corrected chi connectivity index (χ3v) is 4.64. The quantitative estimate of drug-likeness (QED) is 0.274. The van der Waals surface area contributed by atoms with Crippen molar-refractivity contribution in [2.24, 2.45) is 0 Å². The summed E-state index contributed by atoms with van der Waals surface area (Å²) in [6.07, 6.45) is -4.91. The first kappa shape index (κ1) is 23.7. The van der Waals surface area contributed by atoms with Crippen LogP contribution in [0.15, 0.2) is 66.7 Å². The molecule has 0 radical (unpaired) electrons. The number of nitrogens with one attached hydrogen (secondary N) is 1. The fourth-order valence-corrected chi connectivity index (χ4v) is 2.92. The molecule has 3 rings (SSSR count). The van der Waals surface area contributed by atoms with Gasteiger partial charge in [-0.05, 0) is 54.6 Å². The number of anilines is 1. The number of rotatable bonds is 7. The van der Waals surface area contributed by atoms with Gasteiger partial charge in [-0.25, -0.2) is 0 Å². The lowest BCUT2D eigenvalue weighted by Crippen LogP contribution is -2.22. The minimum absolute atomic E-state index is 0.206. The number of nitro benzene ring substituents is 1. The summed E-state index contributed by atoms with van der Waals surface area (Å²) in [4.78, 5) is 34.3. The molecule has 0 spiro atoms. The number of nitro groups is 1. The maximum absolute atomic E-state index is 13.2. The molecule has 1 amide bonds. The first-order valence-corrected chi connectivity index (χ1v) is 9.61. The molecule has 3 aromatic rings. The van der Waals surface area contributed by atoms with E-state index in [2.05, 4.69) is 0 Å². The molecule has 0 fully saturated rings. The Morgan fingerprint density at radius 3 is 2.09 bits per heavy atom. The van der Waals surface area contributed by atoms with Crippen LogP contribution in [0.3, 0.4) is 0 Å². The summed E-state index contributed by atoms with van der Waals surface area (Å²) in [5.41, 5.74) is -1.96. The average molecular weight is 479 g/mol. The highest BCUT2D eigenvalue weighted by Crippen LogP contribution is 2.37. The standard InChI is InChI=1S/C22H14ClF3N2O5/c23-15-5-1-13(2-6-15)21(30)14-3-8-17(9-4-14)33-12-20(29)27-19-10-7-16(28(31)32)11-18(19)22(24,25)26/h1-11H,12H2,(H,27,29). The Hall–Kier alpha value is -3.92. The molecule has 1 N–H and O–H groups in total. The Kier molecular flexibility index (Phi) is 6.98. The van der Waals surface area contributed by atoms with Gasteiger partial charge in [0.2, 0.25) is 0 Å². The lowest BCUT2D eigenvalue weighted by atomic mass is 10.0. The number of amides is 1. The van der Waals surface area contributed by atoms with Gasteiger partial charge in [0.05, 0.1) is 16.2 Å². The highest BCUT2D eigenvalue weighted by Gasteiger charge is 2.35. The Morgan fingerprint density at radius 1 is 0.970 bits per heavy atom. The van der Waals surface area contributed by atoms with E-state index in [1.54, 1.807) is 24.3 Å². The number of carbonyl (C=O) groups excluding carboxylic acids is 2. The fraction of sp³-hybridized carbons (Fsp3) is 0.0909. The van der Waals surface area contributed by atoms with Gasteiger partial charge in [0.1, 0.15) is 5.75 Å². The van der Waals surface area contributed by atoms with E-state index >= 15 is 0 Å². The first-order chi connectivity index (χ1) is 15.5. The maximum Gasteiger partial charge on any atom is 0.418 e. The largest absolute Gasteiger partial charge is 0.484 e. The zero-order chi connectivity index (χ0) is 24.2. The van der Waals surface area contributed by atoms with Crippen LogP contribution < -0.4 is 10.1 Å². The molecule has 0 aliphatic carbocycles. The lowest BCUT2D eigenvalue weighted by Gasteiger charge is -2.14. The van der Waals surface area contributed by atoms with Gasteiger partial charge >= 0.3 is 6.18 Å². The number of carbonyl (C=O) groups is 2. The smallest absolute Gasteiger partial charge is 0.418 e. The highest BCUT2D eigenvalue weighted by molar-refractivity contribution is 6.30. The number of ketones is 1. The molecule has 0 aliphatic heterocycles. The van der Waals surface area contributed by atoms with Gasteiger partial charge in [0.25, 0.3) is 11.6 Å². The summed E-state index contributed by atoms with van der Waals surface area (Å²) in [7, 11) is 0. The van der Waals surface area contributed by atoms with E-state index in [9.17, 15) is 32.9 Å². The van der Waals surface area contributed by atoms with E-state index in [1.807, 2.05) is 5.32 Å². The van der Waals surface area contributed by atoms with Crippen molar-refractivity contribution in [3.63, 3.8) is 0 Å². The van der Waals surface area contributed by atoms with Crippen LogP contribution in [-0.2, 0) is 11.0 Å². The molecule has 7 nitrogen and oxygen atoms in total. The Bertz CT molecular complexity index is 1200. The van der Waals surface area contributed by atoms with Crippen molar-refractivity contribution in [3.8, 4) is 5.75 Å². The summed E-state index contributed by atoms with van der Waals surface area (Å²) in [5, 5.41) is 13.3. The van der Waals surface area contributed by atoms with Crippen LogP contribution >= 0.6 is 11.6 Å². The summed E-state index contributed by atoms with van der Waals surface area (Å²) >= 11 is 5.80. The molecule has 0 aliphatic rings. The average Bonchev–Trinajstić information content (AvgIpc) is 2.77. The number of hydrogen-bond acceptors (Lipinski definition) is 5. The molecule has 0 aromatic heterocycles. The molecule has 0 bridgehead atoms. The first-order valence-electron chi connectivity index (χ1n) is 9.23. The molecule has 11 heteroatoms. The van der Waals surface area contributed by atoms with E-state index in [0.29, 0.717) is 22.2 Å². The zero-order valence-corrected chi connectivity index (χ0v) is 17.3. The van der Waals surface area contributed by atoms with Gasteiger partial charge in [-0.15, -0.1) is 0 Å². The van der Waals surface area contributed by atoms with Gasteiger partial charge < -0.3 is 10.1 Å². The van der Waals surface area contributed by atoms with Crippen LogP contribution in [0.5, 0.6) is 5.75 Å². The van der Waals surface area contributed by atoms with Crippen molar-refractivity contribution < 1.29 is 32.4 Å². The van der Waals surface area contributed by atoms with Crippen LogP contribution in [0.2, 0.25) is 5.02 Å². The predicted molar refractivity (Wildman–Crippen MR) is 114 cm³/mol. The normalized spacial score (nSPS) is 11.0. The van der Waals surface area contributed by atoms with Crippen LogP contribution in [0, 0.1) is 10.1 Å². The summed E-state index contributed by atoms with van der Waals surface area (Å²) in [6.45, 7) is -0.626. The van der Waals surface area contributed by atoms with Crippen molar-refractivity contribution in [2.75, 3.05) is 11.9 Å². The molecule has 3 aromatic carbocycles. The van der Waals surface area contributed by atoms with E-state index in [1.165, 1.54) is 24.3 Å². The predicted octanol–water partition coefficient (Wildman–Crippen LogP) is 5.52. The third kappa shape index (κ3) is 6.07. The number of hydrogen-bond donors (Lipinski definition) is 1. The number of nitrogens with zero attached hydrogens (tertiary/aromatic N) is 1. The maximum atomic E-state index is 13.2. The fourth-order valence-electron chi connectivity index (χ4n) is 2.79. The van der Waals surface area contributed by atoms with Crippen molar-refractivity contribution in [1.82, 2.24) is 0 Å². The number of benzene rings is 3. The van der Waals surface area contributed by atoms with Gasteiger partial charge in [0.15, 0.2) is 12.4 Å². The van der Waals surface area contributed by atoms with Crippen LogP contribution in [0.1, 0.15) is 21.5 Å². The summed E-state index contributed by atoms with van der Waals surface area (Å²) in [6, 6.07) is 14.1. The molecule has 33 heavy (non-hydrogen) atoms. The van der Waals surface area contributed by atoms with Gasteiger partial charge in [-0.2, -0.15) is 13.2 Å². The topological polar surface area (TPSA) is 98.5 Å². The molecule has 0 unspecified atom stereocenters. The molecule has 170 valence electrons. The summed E-state index contributed by atoms with van der Waals surface area (Å²) < 4.78 is 44.9. The molecular weight excluding hydrogens is 465 g/mol. The van der Waals surface area contributed by atoms with Gasteiger partial charge in [-0.1, -0.05) is 11.6 Å². The van der Waals surface area contributed by atoms with E-state index < -0.39 is 40.6 Å². The van der Waals surface area contributed by atoms with E-state index in [0.717, 1.165) is 12.1 Å². The highest BCUT2D eigenvalue weighted by atomic mass is 35.5. The second-order valence-electron chi connectivity index (χ2n) is 6.68.